The average molecular weight is 381 g/mol. The lowest BCUT2D eigenvalue weighted by Crippen LogP contribution is -2.51. The second-order valence-electron chi connectivity index (χ2n) is 11.2. The largest absolute Gasteiger partial charge is 0.390 e. The molecule has 160 valence electrons. The molecule has 0 spiro atoms. The van der Waals surface area contributed by atoms with Crippen LogP contribution in [0.5, 0.6) is 0 Å². The minimum Gasteiger partial charge on any atom is -0.390 e. The van der Waals surface area contributed by atoms with Crippen molar-refractivity contribution in [1.82, 2.24) is 0 Å². The average Bonchev–Trinajstić information content (AvgIpc) is 2.56. The molecule has 0 aromatic carbocycles. The molecule has 2 N–H and O–H groups in total. The summed E-state index contributed by atoms with van der Waals surface area (Å²) in [6, 6.07) is 0. The normalized spacial score (nSPS) is 40.2. The van der Waals surface area contributed by atoms with Gasteiger partial charge in [-0.05, 0) is 94.3 Å². The molecule has 0 unspecified atom stereocenters. The van der Waals surface area contributed by atoms with Crippen molar-refractivity contribution in [2.24, 2.45) is 29.1 Å². The third-order valence-electron chi connectivity index (χ3n) is 8.53. The molecule has 0 aromatic rings. The van der Waals surface area contributed by atoms with Gasteiger partial charge in [0.2, 0.25) is 0 Å². The zero-order valence-electron chi connectivity index (χ0n) is 19.2. The van der Waals surface area contributed by atoms with Crippen LogP contribution in [-0.2, 0) is 0 Å². The summed E-state index contributed by atoms with van der Waals surface area (Å²) >= 11 is 0. The van der Waals surface area contributed by atoms with Crippen LogP contribution in [-0.4, -0.2) is 21.4 Å². The Morgan fingerprint density at radius 2 is 1.78 bits per heavy atom. The molecule has 0 radical (unpaired) electrons. The van der Waals surface area contributed by atoms with Crippen molar-refractivity contribution < 1.29 is 10.2 Å². The predicted octanol–water partition coefficient (Wildman–Crippen LogP) is 6.73. The monoisotopic (exact) mass is 380 g/mol. The van der Waals surface area contributed by atoms with Gasteiger partial charge in [-0.15, -0.1) is 0 Å². The third-order valence-corrected chi connectivity index (χ3v) is 8.53. The lowest BCUT2D eigenvalue weighted by Gasteiger charge is -2.58. The van der Waals surface area contributed by atoms with Crippen molar-refractivity contribution in [3.05, 3.63) is 0 Å². The topological polar surface area (TPSA) is 40.5 Å². The molecule has 2 nitrogen and oxygen atoms in total. The van der Waals surface area contributed by atoms with Gasteiger partial charge in [-0.25, -0.2) is 0 Å². The number of hydrogen-bond donors (Lipinski definition) is 2. The van der Waals surface area contributed by atoms with E-state index in [0.717, 1.165) is 56.3 Å². The summed E-state index contributed by atoms with van der Waals surface area (Å²) in [4.78, 5) is 0. The van der Waals surface area contributed by atoms with Gasteiger partial charge in [0.1, 0.15) is 0 Å². The van der Waals surface area contributed by atoms with Gasteiger partial charge in [0.15, 0.2) is 0 Å². The van der Waals surface area contributed by atoms with Crippen molar-refractivity contribution in [2.45, 2.75) is 130 Å². The molecule has 7 atom stereocenters. The SMILES string of the molecule is CCC[C@H](C)[C@@H]1CC[C@H]2C[C@@](C)(O)CC[C@]2(C)[C@H]1CCC[C@](C)(O)CCC. The van der Waals surface area contributed by atoms with E-state index in [-0.39, 0.29) is 0 Å². The minimum atomic E-state index is -0.496. The lowest BCUT2D eigenvalue weighted by atomic mass is 9.48. The maximum atomic E-state index is 10.7. The van der Waals surface area contributed by atoms with Crippen LogP contribution < -0.4 is 0 Å². The Morgan fingerprint density at radius 1 is 1.07 bits per heavy atom. The fourth-order valence-corrected chi connectivity index (χ4v) is 6.87. The summed E-state index contributed by atoms with van der Waals surface area (Å²) in [6.45, 7) is 13.6. The summed E-state index contributed by atoms with van der Waals surface area (Å²) in [5.41, 5.74) is -0.574. The first-order chi connectivity index (χ1) is 12.5. The molecule has 0 aromatic heterocycles. The van der Waals surface area contributed by atoms with E-state index in [1.165, 1.54) is 38.5 Å². The van der Waals surface area contributed by atoms with E-state index >= 15 is 0 Å². The Bertz CT molecular complexity index is 455. The number of fused-ring (bicyclic) bond motifs is 1. The van der Waals surface area contributed by atoms with E-state index in [1.807, 2.05) is 6.92 Å². The highest BCUT2D eigenvalue weighted by Crippen LogP contribution is 2.60. The van der Waals surface area contributed by atoms with Gasteiger partial charge in [0.05, 0.1) is 11.2 Å². The van der Waals surface area contributed by atoms with Crippen molar-refractivity contribution >= 4 is 0 Å². The predicted molar refractivity (Wildman–Crippen MR) is 116 cm³/mol. The standard InChI is InChI=1S/C25H48O2/c1-7-10-19(3)21-13-12-20-18-24(5,27)16-17-25(20,6)22(21)11-9-15-23(4,26)14-8-2/h19-22,26-27H,7-18H2,1-6H3/t19-,20-,21-,22-,23+,24-,25-/m0/s1. The summed E-state index contributed by atoms with van der Waals surface area (Å²) in [7, 11) is 0. The third kappa shape index (κ3) is 5.72. The number of aliphatic hydroxyl groups is 2. The first kappa shape index (κ1) is 23.2. The van der Waals surface area contributed by atoms with E-state index in [0.29, 0.717) is 11.3 Å². The molecule has 0 heterocycles. The van der Waals surface area contributed by atoms with Gasteiger partial charge < -0.3 is 10.2 Å². The molecule has 0 aliphatic heterocycles. The maximum Gasteiger partial charge on any atom is 0.0622 e. The smallest absolute Gasteiger partial charge is 0.0622 e. The molecule has 0 amide bonds. The van der Waals surface area contributed by atoms with Gasteiger partial charge in [0.25, 0.3) is 0 Å². The Balaban J connectivity index is 2.13. The molecule has 2 aliphatic rings. The van der Waals surface area contributed by atoms with E-state index in [4.69, 9.17) is 0 Å². The van der Waals surface area contributed by atoms with E-state index in [9.17, 15) is 10.2 Å². The van der Waals surface area contributed by atoms with Gasteiger partial charge >= 0.3 is 0 Å². The molecule has 2 fully saturated rings. The minimum absolute atomic E-state index is 0.379. The Labute approximate surface area is 169 Å². The Hall–Kier alpha value is -0.0800. The van der Waals surface area contributed by atoms with Crippen molar-refractivity contribution in [3.63, 3.8) is 0 Å². The van der Waals surface area contributed by atoms with Crippen molar-refractivity contribution in [1.29, 1.82) is 0 Å². The lowest BCUT2D eigenvalue weighted by molar-refractivity contribution is -0.119. The quantitative estimate of drug-likeness (QED) is 0.465. The van der Waals surface area contributed by atoms with Crippen LogP contribution in [0.25, 0.3) is 0 Å². The van der Waals surface area contributed by atoms with Crippen LogP contribution in [0.4, 0.5) is 0 Å². The Morgan fingerprint density at radius 3 is 2.41 bits per heavy atom. The fraction of sp³-hybridized carbons (Fsp3) is 1.00. The fourth-order valence-electron chi connectivity index (χ4n) is 6.87. The number of rotatable bonds is 9. The molecule has 27 heavy (non-hydrogen) atoms. The molecule has 2 saturated carbocycles. The van der Waals surface area contributed by atoms with Crippen molar-refractivity contribution in [3.8, 4) is 0 Å². The molecule has 0 saturated heterocycles. The maximum absolute atomic E-state index is 10.7. The molecular weight excluding hydrogens is 332 g/mol. The van der Waals surface area contributed by atoms with Crippen LogP contribution in [0.3, 0.4) is 0 Å². The van der Waals surface area contributed by atoms with Crippen LogP contribution in [0.15, 0.2) is 0 Å². The number of hydrogen-bond acceptors (Lipinski definition) is 2. The molecular formula is C25H48O2. The molecule has 2 rings (SSSR count). The van der Waals surface area contributed by atoms with Gasteiger partial charge in [-0.2, -0.15) is 0 Å². The summed E-state index contributed by atoms with van der Waals surface area (Å²) < 4.78 is 0. The van der Waals surface area contributed by atoms with Gasteiger partial charge in [0, 0.05) is 0 Å². The summed E-state index contributed by atoms with van der Waals surface area (Å²) in [5.74, 6) is 3.06. The molecule has 2 heteroatoms. The van der Waals surface area contributed by atoms with Crippen LogP contribution in [0.1, 0.15) is 119 Å². The molecule has 2 aliphatic carbocycles. The zero-order valence-corrected chi connectivity index (χ0v) is 19.2. The summed E-state index contributed by atoms with van der Waals surface area (Å²) in [5, 5.41) is 21.3. The first-order valence-electron chi connectivity index (χ1n) is 12.0. The van der Waals surface area contributed by atoms with E-state index < -0.39 is 11.2 Å². The van der Waals surface area contributed by atoms with Crippen LogP contribution >= 0.6 is 0 Å². The van der Waals surface area contributed by atoms with Gasteiger partial charge in [-0.1, -0.05) is 53.4 Å². The summed E-state index contributed by atoms with van der Waals surface area (Å²) in [6.07, 6.45) is 13.7. The second kappa shape index (κ2) is 9.16. The highest BCUT2D eigenvalue weighted by Gasteiger charge is 2.52. The highest BCUT2D eigenvalue weighted by atomic mass is 16.3. The highest BCUT2D eigenvalue weighted by molar-refractivity contribution is 5.03. The zero-order chi connectivity index (χ0) is 20.3. The van der Waals surface area contributed by atoms with Crippen LogP contribution in [0.2, 0.25) is 0 Å². The van der Waals surface area contributed by atoms with E-state index in [2.05, 4.69) is 34.6 Å². The molecule has 0 bridgehead atoms. The first-order valence-corrected chi connectivity index (χ1v) is 12.0. The van der Waals surface area contributed by atoms with Crippen LogP contribution in [0, 0.1) is 29.1 Å². The van der Waals surface area contributed by atoms with Gasteiger partial charge in [-0.3, -0.25) is 0 Å². The second-order valence-corrected chi connectivity index (χ2v) is 11.2. The Kier molecular flexibility index (Phi) is 7.87. The van der Waals surface area contributed by atoms with E-state index in [1.54, 1.807) is 0 Å². The van der Waals surface area contributed by atoms with Crippen molar-refractivity contribution in [2.75, 3.05) is 0 Å².